The molecule has 1 aliphatic heterocycles. The molecule has 1 fully saturated rings. The highest BCUT2D eigenvalue weighted by Gasteiger charge is 2.14. The van der Waals surface area contributed by atoms with Crippen molar-refractivity contribution in [1.29, 1.82) is 0 Å². The van der Waals surface area contributed by atoms with Gasteiger partial charge in [-0.25, -0.2) is 9.97 Å². The second-order valence-electron chi connectivity index (χ2n) is 6.22. The fraction of sp³-hybridized carbons (Fsp3) is 0.263. The molecule has 0 unspecified atom stereocenters. The first-order valence-electron chi connectivity index (χ1n) is 8.78. The van der Waals surface area contributed by atoms with Crippen LogP contribution in [0.5, 0.6) is 0 Å². The van der Waals surface area contributed by atoms with Gasteiger partial charge in [-0.05, 0) is 37.1 Å². The summed E-state index contributed by atoms with van der Waals surface area (Å²) in [4.78, 5) is 10.6. The number of hydrogen-bond acceptors (Lipinski definition) is 7. The molecule has 2 N–H and O–H groups in total. The summed E-state index contributed by atoms with van der Waals surface area (Å²) in [6.45, 7) is 2.14. The Kier molecular flexibility index (Phi) is 4.59. The lowest BCUT2D eigenvalue weighted by Gasteiger charge is -2.15. The molecule has 3 aromatic rings. The lowest BCUT2D eigenvalue weighted by atomic mass is 10.1. The van der Waals surface area contributed by atoms with Crippen LogP contribution in [-0.2, 0) is 0 Å². The number of aromatic nitrogens is 4. The summed E-state index contributed by atoms with van der Waals surface area (Å²) in [6.07, 6.45) is 3.99. The van der Waals surface area contributed by atoms with Gasteiger partial charge in [0, 0.05) is 37.5 Å². The van der Waals surface area contributed by atoms with Gasteiger partial charge < -0.3 is 15.5 Å². The van der Waals surface area contributed by atoms with Crippen molar-refractivity contribution >= 4 is 23.1 Å². The van der Waals surface area contributed by atoms with Gasteiger partial charge in [-0.15, -0.1) is 10.2 Å². The monoisotopic (exact) mass is 347 g/mol. The average Bonchev–Trinajstić information content (AvgIpc) is 3.23. The van der Waals surface area contributed by atoms with Gasteiger partial charge in [0.1, 0.15) is 18.0 Å². The lowest BCUT2D eigenvalue weighted by Crippen LogP contribution is -2.19. The Morgan fingerprint density at radius 3 is 2.54 bits per heavy atom. The molecule has 7 nitrogen and oxygen atoms in total. The van der Waals surface area contributed by atoms with Crippen molar-refractivity contribution in [3.8, 4) is 11.3 Å². The maximum absolute atomic E-state index is 4.41. The van der Waals surface area contributed by atoms with E-state index >= 15 is 0 Å². The van der Waals surface area contributed by atoms with Gasteiger partial charge in [0.2, 0.25) is 0 Å². The Labute approximate surface area is 152 Å². The van der Waals surface area contributed by atoms with Gasteiger partial charge in [0.25, 0.3) is 0 Å². The third-order valence-corrected chi connectivity index (χ3v) is 4.43. The molecule has 4 rings (SSSR count). The summed E-state index contributed by atoms with van der Waals surface area (Å²) in [5, 5.41) is 15.1. The summed E-state index contributed by atoms with van der Waals surface area (Å²) in [6, 6.07) is 14.0. The number of benzene rings is 1. The van der Waals surface area contributed by atoms with E-state index in [4.69, 9.17) is 0 Å². The van der Waals surface area contributed by atoms with Crippen molar-refractivity contribution in [1.82, 2.24) is 20.2 Å². The van der Waals surface area contributed by atoms with Gasteiger partial charge in [-0.1, -0.05) is 12.1 Å². The molecule has 1 aliphatic rings. The van der Waals surface area contributed by atoms with Crippen LogP contribution in [0.15, 0.2) is 48.8 Å². The van der Waals surface area contributed by atoms with Crippen molar-refractivity contribution in [3.05, 3.63) is 48.8 Å². The van der Waals surface area contributed by atoms with Crippen molar-refractivity contribution < 1.29 is 0 Å². The molecule has 7 heteroatoms. The minimum Gasteiger partial charge on any atom is -0.373 e. The van der Waals surface area contributed by atoms with Crippen LogP contribution in [0.25, 0.3) is 11.3 Å². The molecule has 0 radical (unpaired) electrons. The third-order valence-electron chi connectivity index (χ3n) is 4.43. The molecule has 0 amide bonds. The van der Waals surface area contributed by atoms with Crippen LogP contribution in [0.3, 0.4) is 0 Å². The Bertz CT molecular complexity index is 873. The first kappa shape index (κ1) is 16.3. The van der Waals surface area contributed by atoms with Crippen molar-refractivity contribution in [2.45, 2.75) is 12.8 Å². The van der Waals surface area contributed by atoms with Crippen LogP contribution >= 0.6 is 0 Å². The zero-order chi connectivity index (χ0) is 17.8. The van der Waals surface area contributed by atoms with Gasteiger partial charge in [-0.2, -0.15) is 0 Å². The summed E-state index contributed by atoms with van der Waals surface area (Å²) < 4.78 is 0. The molecule has 0 atom stereocenters. The van der Waals surface area contributed by atoms with E-state index < -0.39 is 0 Å². The van der Waals surface area contributed by atoms with E-state index in [0.29, 0.717) is 0 Å². The molecular formula is C19H21N7. The molecule has 0 aliphatic carbocycles. The van der Waals surface area contributed by atoms with Gasteiger partial charge in [-0.3, -0.25) is 0 Å². The molecule has 1 aromatic carbocycles. The molecule has 3 heterocycles. The Hall–Kier alpha value is -3.22. The average molecular weight is 347 g/mol. The topological polar surface area (TPSA) is 78.9 Å². The molecule has 0 saturated carbocycles. The summed E-state index contributed by atoms with van der Waals surface area (Å²) in [5.41, 5.74) is 2.81. The van der Waals surface area contributed by atoms with E-state index in [1.807, 2.05) is 43.4 Å². The van der Waals surface area contributed by atoms with Crippen molar-refractivity contribution in [2.24, 2.45) is 0 Å². The minimum atomic E-state index is 0.733. The number of rotatable bonds is 5. The van der Waals surface area contributed by atoms with Gasteiger partial charge >= 0.3 is 0 Å². The highest BCUT2D eigenvalue weighted by Crippen LogP contribution is 2.24. The summed E-state index contributed by atoms with van der Waals surface area (Å²) in [7, 11) is 1.83. The standard InChI is InChI=1S/C19H21N7/c1-20-17-12-18(22-13-21-17)23-15-6-4-5-14(11-15)16-7-8-19(25-24-16)26-9-2-3-10-26/h4-8,11-13H,2-3,9-10H2,1H3,(H2,20,21,22,23). The molecule has 132 valence electrons. The Morgan fingerprint density at radius 2 is 1.77 bits per heavy atom. The van der Waals surface area contributed by atoms with E-state index in [1.54, 1.807) is 0 Å². The Morgan fingerprint density at radius 1 is 0.923 bits per heavy atom. The zero-order valence-electron chi connectivity index (χ0n) is 14.7. The molecule has 1 saturated heterocycles. The first-order valence-corrected chi connectivity index (χ1v) is 8.78. The highest BCUT2D eigenvalue weighted by molar-refractivity contribution is 5.68. The zero-order valence-corrected chi connectivity index (χ0v) is 14.7. The first-order chi connectivity index (χ1) is 12.8. The van der Waals surface area contributed by atoms with Crippen LogP contribution < -0.4 is 15.5 Å². The van der Waals surface area contributed by atoms with E-state index in [1.165, 1.54) is 19.2 Å². The molecular weight excluding hydrogens is 326 g/mol. The van der Waals surface area contributed by atoms with Crippen LogP contribution in [0.4, 0.5) is 23.1 Å². The summed E-state index contributed by atoms with van der Waals surface area (Å²) in [5.74, 6) is 2.46. The van der Waals surface area contributed by atoms with Gasteiger partial charge in [0.15, 0.2) is 5.82 Å². The number of anilines is 4. The lowest BCUT2D eigenvalue weighted by molar-refractivity contribution is 0.896. The largest absolute Gasteiger partial charge is 0.373 e. The second-order valence-corrected chi connectivity index (χ2v) is 6.22. The smallest absolute Gasteiger partial charge is 0.151 e. The van der Waals surface area contributed by atoms with E-state index in [2.05, 4.69) is 41.8 Å². The molecule has 0 bridgehead atoms. The minimum absolute atomic E-state index is 0.733. The van der Waals surface area contributed by atoms with Crippen molar-refractivity contribution in [2.75, 3.05) is 35.7 Å². The highest BCUT2D eigenvalue weighted by atomic mass is 15.3. The quantitative estimate of drug-likeness (QED) is 0.733. The van der Waals surface area contributed by atoms with Crippen LogP contribution in [0.1, 0.15) is 12.8 Å². The molecule has 0 spiro atoms. The number of nitrogens with zero attached hydrogens (tertiary/aromatic N) is 5. The third kappa shape index (κ3) is 3.56. The number of hydrogen-bond donors (Lipinski definition) is 2. The fourth-order valence-electron chi connectivity index (χ4n) is 3.06. The second kappa shape index (κ2) is 7.35. The molecule has 26 heavy (non-hydrogen) atoms. The van der Waals surface area contributed by atoms with E-state index in [-0.39, 0.29) is 0 Å². The van der Waals surface area contributed by atoms with E-state index in [9.17, 15) is 0 Å². The molecule has 2 aromatic heterocycles. The van der Waals surface area contributed by atoms with Crippen LogP contribution in [0, 0.1) is 0 Å². The number of nitrogens with one attached hydrogen (secondary N) is 2. The fourth-order valence-corrected chi connectivity index (χ4v) is 3.06. The maximum atomic E-state index is 4.41. The van der Waals surface area contributed by atoms with Crippen molar-refractivity contribution in [3.63, 3.8) is 0 Å². The van der Waals surface area contributed by atoms with E-state index in [0.717, 1.165) is 47.5 Å². The Balaban J connectivity index is 1.53. The van der Waals surface area contributed by atoms with Crippen LogP contribution in [-0.4, -0.2) is 40.3 Å². The summed E-state index contributed by atoms with van der Waals surface area (Å²) >= 11 is 0. The predicted octanol–water partition coefficient (Wildman–Crippen LogP) is 3.32. The SMILES string of the molecule is CNc1cc(Nc2cccc(-c3ccc(N4CCCC4)nn3)c2)ncn1. The normalized spacial score (nSPS) is 13.7. The maximum Gasteiger partial charge on any atom is 0.151 e. The van der Waals surface area contributed by atoms with Crippen LogP contribution in [0.2, 0.25) is 0 Å². The predicted molar refractivity (Wildman–Crippen MR) is 104 cm³/mol. The van der Waals surface area contributed by atoms with Gasteiger partial charge in [0.05, 0.1) is 5.69 Å².